The third-order valence-electron chi connectivity index (χ3n) is 4.59. The van der Waals surface area contributed by atoms with Crippen LogP contribution >= 0.6 is 11.3 Å². The van der Waals surface area contributed by atoms with Crippen molar-refractivity contribution in [3.05, 3.63) is 53.1 Å². The molecule has 3 aromatic rings. The molecule has 1 amide bonds. The lowest BCUT2D eigenvalue weighted by molar-refractivity contribution is -0.117. The molecular formula is C21H24N4O4S2. The number of nitrogens with zero attached hydrogens (tertiary/aromatic N) is 2. The number of nitrogens with one attached hydrogen (secondary N) is 2. The van der Waals surface area contributed by atoms with Crippen LogP contribution in [0.15, 0.2) is 41.3 Å². The second-order valence-electron chi connectivity index (χ2n) is 7.20. The van der Waals surface area contributed by atoms with E-state index in [9.17, 15) is 13.2 Å². The molecule has 1 aromatic heterocycles. The largest absolute Gasteiger partial charge is 0.497 e. The van der Waals surface area contributed by atoms with E-state index in [4.69, 9.17) is 4.74 Å². The van der Waals surface area contributed by atoms with Crippen molar-refractivity contribution >= 4 is 32.4 Å². The predicted molar refractivity (Wildman–Crippen MR) is 121 cm³/mol. The van der Waals surface area contributed by atoms with Crippen LogP contribution in [0.5, 0.6) is 5.75 Å². The van der Waals surface area contributed by atoms with Crippen molar-refractivity contribution in [1.29, 1.82) is 0 Å². The third-order valence-corrected chi connectivity index (χ3v) is 7.32. The average molecular weight is 461 g/mol. The first-order chi connectivity index (χ1) is 14.6. The zero-order valence-electron chi connectivity index (χ0n) is 17.9. The number of benzene rings is 2. The fourth-order valence-electron chi connectivity index (χ4n) is 3.27. The van der Waals surface area contributed by atoms with Gasteiger partial charge < -0.3 is 4.74 Å². The van der Waals surface area contributed by atoms with E-state index in [0.717, 1.165) is 16.9 Å². The summed E-state index contributed by atoms with van der Waals surface area (Å²) in [7, 11) is -2.29. The Hall–Kier alpha value is -2.82. The molecule has 0 bridgehead atoms. The topological polar surface area (TPSA) is 110 Å². The Morgan fingerprint density at radius 2 is 1.68 bits per heavy atom. The standard InChI is InChI=1S/C21H24N4O4S2/c1-12-10-13(2)18(14(3)11-12)31(27,28)25-15(4)19(26)22-21-24-23-20(30-21)16-6-8-17(29-5)9-7-16/h6-11,15,25H,1-5H3,(H,22,24,26). The zero-order chi connectivity index (χ0) is 22.8. The van der Waals surface area contributed by atoms with Gasteiger partial charge in [-0.05, 0) is 63.1 Å². The molecule has 0 aliphatic carbocycles. The molecule has 164 valence electrons. The molecule has 0 saturated heterocycles. The highest BCUT2D eigenvalue weighted by atomic mass is 32.2. The number of anilines is 1. The van der Waals surface area contributed by atoms with Gasteiger partial charge in [0.25, 0.3) is 0 Å². The lowest BCUT2D eigenvalue weighted by Crippen LogP contribution is -2.41. The Labute approximate surface area is 185 Å². The molecule has 0 radical (unpaired) electrons. The van der Waals surface area contributed by atoms with Crippen LogP contribution in [0.1, 0.15) is 23.6 Å². The second-order valence-corrected chi connectivity index (χ2v) is 9.83. The summed E-state index contributed by atoms with van der Waals surface area (Å²) in [6, 6.07) is 9.89. The van der Waals surface area contributed by atoms with Gasteiger partial charge in [0.05, 0.1) is 18.0 Å². The van der Waals surface area contributed by atoms with Crippen LogP contribution < -0.4 is 14.8 Å². The van der Waals surface area contributed by atoms with Gasteiger partial charge in [0, 0.05) is 5.56 Å². The van der Waals surface area contributed by atoms with Crippen molar-refractivity contribution in [2.75, 3.05) is 12.4 Å². The first kappa shape index (κ1) is 22.9. The number of carbonyl (C=O) groups is 1. The minimum Gasteiger partial charge on any atom is -0.497 e. The number of hydrogen-bond donors (Lipinski definition) is 2. The van der Waals surface area contributed by atoms with Gasteiger partial charge in [-0.3, -0.25) is 10.1 Å². The smallest absolute Gasteiger partial charge is 0.244 e. The summed E-state index contributed by atoms with van der Waals surface area (Å²) in [5.74, 6) is 0.199. The van der Waals surface area contributed by atoms with Crippen molar-refractivity contribution in [3.8, 4) is 16.3 Å². The summed E-state index contributed by atoms with van der Waals surface area (Å²) in [5, 5.41) is 11.6. The number of ether oxygens (including phenoxy) is 1. The average Bonchev–Trinajstić information content (AvgIpc) is 3.15. The van der Waals surface area contributed by atoms with Crippen LogP contribution in [0.25, 0.3) is 10.6 Å². The summed E-state index contributed by atoms with van der Waals surface area (Å²) in [5.41, 5.74) is 3.07. The molecule has 1 unspecified atom stereocenters. The Morgan fingerprint density at radius 3 is 2.26 bits per heavy atom. The summed E-state index contributed by atoms with van der Waals surface area (Å²) < 4.78 is 33.3. The lowest BCUT2D eigenvalue weighted by Gasteiger charge is -2.16. The van der Waals surface area contributed by atoms with Gasteiger partial charge in [-0.15, -0.1) is 10.2 Å². The molecule has 31 heavy (non-hydrogen) atoms. The monoisotopic (exact) mass is 460 g/mol. The molecule has 1 heterocycles. The highest BCUT2D eigenvalue weighted by Gasteiger charge is 2.26. The van der Waals surface area contributed by atoms with Crippen molar-refractivity contribution in [2.45, 2.75) is 38.6 Å². The number of aryl methyl sites for hydroxylation is 3. The Kier molecular flexibility index (Phi) is 6.73. The summed E-state index contributed by atoms with van der Waals surface area (Å²) >= 11 is 1.19. The highest BCUT2D eigenvalue weighted by Crippen LogP contribution is 2.28. The van der Waals surface area contributed by atoms with Crippen LogP contribution in [0, 0.1) is 20.8 Å². The minimum absolute atomic E-state index is 0.190. The van der Waals surface area contributed by atoms with Crippen LogP contribution in [0.3, 0.4) is 0 Å². The van der Waals surface area contributed by atoms with Gasteiger partial charge in [0.2, 0.25) is 21.1 Å². The quantitative estimate of drug-likeness (QED) is 0.559. The fraction of sp³-hybridized carbons (Fsp3) is 0.286. The molecule has 10 heteroatoms. The van der Waals surface area contributed by atoms with Crippen molar-refractivity contribution in [3.63, 3.8) is 0 Å². The summed E-state index contributed by atoms with van der Waals surface area (Å²) in [6.45, 7) is 6.86. The number of methoxy groups -OCH3 is 1. The molecule has 2 N–H and O–H groups in total. The van der Waals surface area contributed by atoms with E-state index in [-0.39, 0.29) is 10.0 Å². The Bertz CT molecular complexity index is 1180. The van der Waals surface area contributed by atoms with E-state index in [1.807, 2.05) is 19.1 Å². The number of hydrogen-bond acceptors (Lipinski definition) is 7. The highest BCUT2D eigenvalue weighted by molar-refractivity contribution is 7.89. The molecule has 0 aliphatic rings. The van der Waals surface area contributed by atoms with Gasteiger partial charge in [-0.25, -0.2) is 8.42 Å². The van der Waals surface area contributed by atoms with Crippen LogP contribution in [0.4, 0.5) is 5.13 Å². The number of amides is 1. The fourth-order valence-corrected chi connectivity index (χ4v) is 5.68. The molecule has 8 nitrogen and oxygen atoms in total. The van der Waals surface area contributed by atoms with Crippen molar-refractivity contribution < 1.29 is 17.9 Å². The number of rotatable bonds is 7. The Balaban J connectivity index is 1.70. The molecule has 1 atom stereocenters. The number of carbonyl (C=O) groups excluding carboxylic acids is 1. The molecule has 0 aliphatic heterocycles. The van der Waals surface area contributed by atoms with Crippen LogP contribution in [-0.2, 0) is 14.8 Å². The van der Waals surface area contributed by atoms with E-state index in [2.05, 4.69) is 20.2 Å². The molecule has 0 saturated carbocycles. The zero-order valence-corrected chi connectivity index (χ0v) is 19.5. The van der Waals surface area contributed by atoms with E-state index >= 15 is 0 Å². The second kappa shape index (κ2) is 9.13. The summed E-state index contributed by atoms with van der Waals surface area (Å²) in [6.07, 6.45) is 0. The number of sulfonamides is 1. The van der Waals surface area contributed by atoms with E-state index in [1.54, 1.807) is 45.2 Å². The van der Waals surface area contributed by atoms with Gasteiger partial charge in [-0.1, -0.05) is 29.0 Å². The van der Waals surface area contributed by atoms with Gasteiger partial charge in [0.15, 0.2) is 0 Å². The molecule has 0 fully saturated rings. The number of aromatic nitrogens is 2. The first-order valence-electron chi connectivity index (χ1n) is 9.49. The van der Waals surface area contributed by atoms with Crippen LogP contribution in [0.2, 0.25) is 0 Å². The summed E-state index contributed by atoms with van der Waals surface area (Å²) in [4.78, 5) is 12.7. The van der Waals surface area contributed by atoms with Gasteiger partial charge in [0.1, 0.15) is 10.8 Å². The normalized spacial score (nSPS) is 12.4. The van der Waals surface area contributed by atoms with E-state index in [0.29, 0.717) is 16.1 Å². The minimum atomic E-state index is -3.87. The molecular weight excluding hydrogens is 436 g/mol. The predicted octanol–water partition coefficient (Wildman–Crippen LogP) is 3.44. The van der Waals surface area contributed by atoms with Crippen molar-refractivity contribution in [2.24, 2.45) is 0 Å². The van der Waals surface area contributed by atoms with E-state index in [1.165, 1.54) is 18.3 Å². The first-order valence-corrected chi connectivity index (χ1v) is 11.8. The van der Waals surface area contributed by atoms with Gasteiger partial charge >= 0.3 is 0 Å². The molecule has 0 spiro atoms. The maximum atomic E-state index is 12.9. The molecule has 2 aromatic carbocycles. The lowest BCUT2D eigenvalue weighted by atomic mass is 10.1. The molecule has 3 rings (SSSR count). The van der Waals surface area contributed by atoms with Gasteiger partial charge in [-0.2, -0.15) is 4.72 Å². The van der Waals surface area contributed by atoms with Crippen LogP contribution in [-0.4, -0.2) is 37.7 Å². The Morgan fingerprint density at radius 1 is 1.06 bits per heavy atom. The maximum Gasteiger partial charge on any atom is 0.244 e. The van der Waals surface area contributed by atoms with Crippen molar-refractivity contribution in [1.82, 2.24) is 14.9 Å². The van der Waals surface area contributed by atoms with E-state index < -0.39 is 22.0 Å². The SMILES string of the molecule is COc1ccc(-c2nnc(NC(=O)C(C)NS(=O)(=O)c3c(C)cc(C)cc3C)s2)cc1. The maximum absolute atomic E-state index is 12.9. The third kappa shape index (κ3) is 5.27.